The quantitative estimate of drug-likeness (QED) is 0.160. The molecule has 0 fully saturated rings. The van der Waals surface area contributed by atoms with E-state index in [9.17, 15) is 17.6 Å². The molecule has 0 aliphatic carbocycles. The zero-order chi connectivity index (χ0) is 32.8. The van der Waals surface area contributed by atoms with Crippen LogP contribution in [0.25, 0.3) is 10.8 Å². The Balaban J connectivity index is 1.58. The van der Waals surface area contributed by atoms with Gasteiger partial charge in [-0.05, 0) is 77.4 Å². The molecule has 5 rings (SSSR count). The minimum Gasteiger partial charge on any atom is -0.497 e. The summed E-state index contributed by atoms with van der Waals surface area (Å²) in [6.45, 7) is 0.0768. The van der Waals surface area contributed by atoms with Crippen LogP contribution in [-0.4, -0.2) is 44.9 Å². The number of nitrogens with one attached hydrogen (secondary N) is 1. The smallest absolute Gasteiger partial charge is 0.244 e. The van der Waals surface area contributed by atoms with Crippen molar-refractivity contribution in [1.82, 2.24) is 9.29 Å². The molecule has 1 heterocycles. The third-order valence-corrected chi connectivity index (χ3v) is 9.50. The average Bonchev–Trinajstić information content (AvgIpc) is 3.06. The van der Waals surface area contributed by atoms with Gasteiger partial charge in [0.25, 0.3) is 0 Å². The molecule has 0 unspecified atom stereocenters. The number of hydrogen-bond donors (Lipinski definition) is 1. The highest BCUT2D eigenvalue weighted by molar-refractivity contribution is 7.89. The molecule has 12 heteroatoms. The van der Waals surface area contributed by atoms with Gasteiger partial charge in [0, 0.05) is 40.8 Å². The summed E-state index contributed by atoms with van der Waals surface area (Å²) in [7, 11) is 0.294. The van der Waals surface area contributed by atoms with Crippen LogP contribution in [-0.2, 0) is 34.3 Å². The molecule has 46 heavy (non-hydrogen) atoms. The Morgan fingerprint density at radius 2 is 1.43 bits per heavy atom. The van der Waals surface area contributed by atoms with Gasteiger partial charge in [-0.2, -0.15) is 4.31 Å². The first-order valence-corrected chi connectivity index (χ1v) is 15.9. The van der Waals surface area contributed by atoms with Crippen molar-refractivity contribution >= 4 is 44.0 Å². The molecule has 0 bridgehead atoms. The predicted molar refractivity (Wildman–Crippen MR) is 174 cm³/mol. The molecular formula is C34H31ClFN3O6S. The van der Waals surface area contributed by atoms with E-state index in [0.29, 0.717) is 22.3 Å². The van der Waals surface area contributed by atoms with Crippen molar-refractivity contribution < 1.29 is 31.8 Å². The van der Waals surface area contributed by atoms with E-state index < -0.39 is 21.7 Å². The van der Waals surface area contributed by atoms with Gasteiger partial charge < -0.3 is 19.5 Å². The maximum Gasteiger partial charge on any atom is 0.244 e. The van der Waals surface area contributed by atoms with Crippen molar-refractivity contribution in [3.8, 4) is 17.4 Å². The van der Waals surface area contributed by atoms with Crippen LogP contribution < -0.4 is 19.5 Å². The number of carbonyl (C=O) groups is 1. The lowest BCUT2D eigenvalue weighted by atomic mass is 10.1. The second-order valence-corrected chi connectivity index (χ2v) is 12.6. The molecule has 0 radical (unpaired) electrons. The Hall–Kier alpha value is -4.71. The average molecular weight is 664 g/mol. The molecule has 0 atom stereocenters. The minimum atomic E-state index is -4.24. The predicted octanol–water partition coefficient (Wildman–Crippen LogP) is 6.63. The third kappa shape index (κ3) is 7.39. The highest BCUT2D eigenvalue weighted by Gasteiger charge is 2.29. The number of ether oxygens (including phenoxy) is 3. The van der Waals surface area contributed by atoms with Crippen molar-refractivity contribution in [3.05, 3.63) is 119 Å². The number of rotatable bonds is 12. The van der Waals surface area contributed by atoms with Crippen molar-refractivity contribution in [1.29, 1.82) is 0 Å². The van der Waals surface area contributed by atoms with Gasteiger partial charge in [0.05, 0.1) is 32.6 Å². The number of halogens is 2. The molecule has 1 aromatic heterocycles. The number of aromatic nitrogens is 1. The number of sulfonamides is 1. The first kappa shape index (κ1) is 32.7. The summed E-state index contributed by atoms with van der Waals surface area (Å²) in [6.07, 6.45) is 1.23. The molecule has 0 spiro atoms. The van der Waals surface area contributed by atoms with Crippen LogP contribution in [0.3, 0.4) is 0 Å². The van der Waals surface area contributed by atoms with Crippen molar-refractivity contribution in [3.63, 3.8) is 0 Å². The largest absolute Gasteiger partial charge is 0.497 e. The van der Waals surface area contributed by atoms with Crippen LogP contribution in [0.1, 0.15) is 16.7 Å². The lowest BCUT2D eigenvalue weighted by Crippen LogP contribution is -2.30. The number of anilines is 1. The van der Waals surface area contributed by atoms with Crippen molar-refractivity contribution in [2.75, 3.05) is 26.6 Å². The number of amides is 1. The van der Waals surface area contributed by atoms with Crippen LogP contribution in [0.5, 0.6) is 17.4 Å². The molecular weight excluding hydrogens is 633 g/mol. The van der Waals surface area contributed by atoms with Gasteiger partial charge in [-0.25, -0.2) is 17.8 Å². The summed E-state index contributed by atoms with van der Waals surface area (Å²) < 4.78 is 60.5. The SMILES string of the molecule is COc1ccc(CN(Cc2ccc(OC)cc2)S(=O)(=O)c2cc(NC(=O)Cc3cc(F)ccc3Cl)cc3c(OC)nccc23)cc1. The molecule has 0 aliphatic rings. The van der Waals surface area contributed by atoms with Crippen LogP contribution in [0.2, 0.25) is 5.02 Å². The fourth-order valence-corrected chi connectivity index (χ4v) is 6.80. The normalized spacial score (nSPS) is 11.4. The molecule has 0 aliphatic heterocycles. The fourth-order valence-electron chi connectivity index (χ4n) is 4.96. The number of methoxy groups -OCH3 is 3. The summed E-state index contributed by atoms with van der Waals surface area (Å²) in [4.78, 5) is 17.3. The first-order chi connectivity index (χ1) is 22.1. The second kappa shape index (κ2) is 14.2. The van der Waals surface area contributed by atoms with Crippen molar-refractivity contribution in [2.24, 2.45) is 0 Å². The van der Waals surface area contributed by atoms with Crippen LogP contribution >= 0.6 is 11.6 Å². The molecule has 0 saturated heterocycles. The minimum absolute atomic E-state index is 0.0384. The van der Waals surface area contributed by atoms with Gasteiger partial charge in [-0.15, -0.1) is 0 Å². The molecule has 1 amide bonds. The number of nitrogens with zero attached hydrogens (tertiary/aromatic N) is 2. The van der Waals surface area contributed by atoms with E-state index in [2.05, 4.69) is 10.3 Å². The number of fused-ring (bicyclic) bond motifs is 1. The fraction of sp³-hybridized carbons (Fsp3) is 0.176. The van der Waals surface area contributed by atoms with Crippen LogP contribution in [0.4, 0.5) is 10.1 Å². The summed E-state index contributed by atoms with van der Waals surface area (Å²) in [6, 6.07) is 22.6. The zero-order valence-corrected chi connectivity index (χ0v) is 26.9. The summed E-state index contributed by atoms with van der Waals surface area (Å²) in [5, 5.41) is 3.70. The van der Waals surface area contributed by atoms with Gasteiger partial charge in [-0.1, -0.05) is 35.9 Å². The Bertz CT molecular complexity index is 1920. The van der Waals surface area contributed by atoms with E-state index in [1.807, 2.05) is 0 Å². The van der Waals surface area contributed by atoms with E-state index in [-0.39, 0.29) is 46.6 Å². The Labute approximate surface area is 271 Å². The maximum atomic E-state index is 14.7. The Morgan fingerprint density at radius 3 is 2.00 bits per heavy atom. The number of hydrogen-bond acceptors (Lipinski definition) is 7. The van der Waals surface area contributed by atoms with Crippen molar-refractivity contribution in [2.45, 2.75) is 24.4 Å². The monoisotopic (exact) mass is 663 g/mol. The second-order valence-electron chi connectivity index (χ2n) is 10.3. The van der Waals surface area contributed by atoms with E-state index in [1.165, 1.54) is 41.9 Å². The molecule has 4 aromatic carbocycles. The lowest BCUT2D eigenvalue weighted by Gasteiger charge is -2.24. The molecule has 5 aromatic rings. The van der Waals surface area contributed by atoms with Gasteiger partial charge >= 0.3 is 0 Å². The van der Waals surface area contributed by atoms with E-state index >= 15 is 0 Å². The summed E-state index contributed by atoms with van der Waals surface area (Å²) in [5.41, 5.74) is 1.94. The molecule has 1 N–H and O–H groups in total. The number of carbonyl (C=O) groups excluding carboxylic acids is 1. The highest BCUT2D eigenvalue weighted by atomic mass is 35.5. The molecule has 238 valence electrons. The lowest BCUT2D eigenvalue weighted by molar-refractivity contribution is -0.115. The number of benzene rings is 4. The number of pyridine rings is 1. The Morgan fingerprint density at radius 1 is 0.826 bits per heavy atom. The van der Waals surface area contributed by atoms with E-state index in [1.54, 1.807) is 74.9 Å². The standard InChI is InChI=1S/C34H31ClFN3O6S/c1-43-27-9-4-22(5-10-27)20-39(21-23-6-11-28(44-2)12-7-23)46(41,42)32-19-26(18-30-29(32)14-15-37-34(30)45-3)38-33(40)17-24-16-25(36)8-13-31(24)35/h4-16,18-19H,17,20-21H2,1-3H3,(H,38,40). The first-order valence-electron chi connectivity index (χ1n) is 14.1. The third-order valence-electron chi connectivity index (χ3n) is 7.30. The Kier molecular flexibility index (Phi) is 10.1. The summed E-state index contributed by atoms with van der Waals surface area (Å²) in [5.74, 6) is 0.404. The molecule has 0 saturated carbocycles. The zero-order valence-electron chi connectivity index (χ0n) is 25.3. The van der Waals surface area contributed by atoms with E-state index in [0.717, 1.165) is 11.1 Å². The summed E-state index contributed by atoms with van der Waals surface area (Å²) >= 11 is 6.18. The van der Waals surface area contributed by atoms with Gasteiger partial charge in [0.2, 0.25) is 21.8 Å². The van der Waals surface area contributed by atoms with Gasteiger partial charge in [0.15, 0.2) is 0 Å². The topological polar surface area (TPSA) is 107 Å². The van der Waals surface area contributed by atoms with Crippen LogP contribution in [0, 0.1) is 5.82 Å². The van der Waals surface area contributed by atoms with Crippen LogP contribution in [0.15, 0.2) is 96.0 Å². The maximum absolute atomic E-state index is 14.7. The van der Waals surface area contributed by atoms with Gasteiger partial charge in [-0.3, -0.25) is 4.79 Å². The van der Waals surface area contributed by atoms with Gasteiger partial charge in [0.1, 0.15) is 17.3 Å². The highest BCUT2D eigenvalue weighted by Crippen LogP contribution is 2.35. The van der Waals surface area contributed by atoms with E-state index in [4.69, 9.17) is 25.8 Å². The molecule has 9 nitrogen and oxygen atoms in total.